The molecule has 0 bridgehead atoms. The molecule has 0 aliphatic heterocycles. The molecule has 0 saturated heterocycles. The van der Waals surface area contributed by atoms with Gasteiger partial charge in [-0.1, -0.05) is 6.07 Å². The van der Waals surface area contributed by atoms with Gasteiger partial charge in [0.15, 0.2) is 11.5 Å². The first-order valence-corrected chi connectivity index (χ1v) is 6.49. The van der Waals surface area contributed by atoms with Crippen LogP contribution in [0.1, 0.15) is 18.0 Å². The van der Waals surface area contributed by atoms with Crippen molar-refractivity contribution in [1.29, 1.82) is 0 Å². The molecule has 0 spiro atoms. The molecule has 7 heteroatoms. The molecule has 1 unspecified atom stereocenters. The first kappa shape index (κ1) is 17.6. The summed E-state index contributed by atoms with van der Waals surface area (Å²) in [7, 11) is 4.66. The van der Waals surface area contributed by atoms with E-state index in [4.69, 9.17) is 15.2 Å². The number of alkyl halides is 3. The summed E-state index contributed by atoms with van der Waals surface area (Å²) in [5, 5.41) is 0. The second-order valence-electron chi connectivity index (χ2n) is 4.85. The summed E-state index contributed by atoms with van der Waals surface area (Å²) < 4.78 is 46.8. The highest BCUT2D eigenvalue weighted by Crippen LogP contribution is 2.29. The lowest BCUT2D eigenvalue weighted by molar-refractivity contribution is -0.137. The van der Waals surface area contributed by atoms with E-state index >= 15 is 0 Å². The molecule has 21 heavy (non-hydrogen) atoms. The van der Waals surface area contributed by atoms with Gasteiger partial charge in [0.2, 0.25) is 0 Å². The Hall–Kier alpha value is -1.47. The van der Waals surface area contributed by atoms with Crippen LogP contribution in [0.4, 0.5) is 13.2 Å². The monoisotopic (exact) mass is 306 g/mol. The molecule has 1 atom stereocenters. The number of rotatable bonds is 7. The number of hydrogen-bond donors (Lipinski definition) is 1. The molecular weight excluding hydrogens is 285 g/mol. The predicted molar refractivity (Wildman–Crippen MR) is 74.6 cm³/mol. The minimum Gasteiger partial charge on any atom is -0.493 e. The summed E-state index contributed by atoms with van der Waals surface area (Å²) >= 11 is 0. The van der Waals surface area contributed by atoms with Crippen LogP contribution in [-0.4, -0.2) is 45.4 Å². The number of ether oxygens (including phenoxy) is 2. The van der Waals surface area contributed by atoms with Crippen molar-refractivity contribution in [3.63, 3.8) is 0 Å². The van der Waals surface area contributed by atoms with Crippen molar-refractivity contribution in [2.45, 2.75) is 18.6 Å². The SMILES string of the molecule is COc1ccc(C(N)CN(C)CCC(F)(F)F)cc1OC. The highest BCUT2D eigenvalue weighted by atomic mass is 19.4. The normalized spacial score (nSPS) is 13.3. The van der Waals surface area contributed by atoms with Crippen LogP contribution in [0.5, 0.6) is 11.5 Å². The van der Waals surface area contributed by atoms with Gasteiger partial charge in [0.1, 0.15) is 0 Å². The van der Waals surface area contributed by atoms with Crippen molar-refractivity contribution in [3.8, 4) is 11.5 Å². The van der Waals surface area contributed by atoms with Crippen LogP contribution in [0.3, 0.4) is 0 Å². The first-order chi connectivity index (χ1) is 9.76. The Bertz CT molecular complexity index is 452. The van der Waals surface area contributed by atoms with Gasteiger partial charge in [-0.3, -0.25) is 0 Å². The van der Waals surface area contributed by atoms with Gasteiger partial charge in [0, 0.05) is 19.1 Å². The van der Waals surface area contributed by atoms with E-state index in [9.17, 15) is 13.2 Å². The lowest BCUT2D eigenvalue weighted by Crippen LogP contribution is -2.31. The fraction of sp³-hybridized carbons (Fsp3) is 0.571. The van der Waals surface area contributed by atoms with Gasteiger partial charge in [-0.05, 0) is 24.7 Å². The molecule has 1 aromatic carbocycles. The molecule has 0 amide bonds. The summed E-state index contributed by atoms with van der Waals surface area (Å²) in [6, 6.07) is 4.84. The second kappa shape index (κ2) is 7.51. The number of nitrogens with zero attached hydrogens (tertiary/aromatic N) is 1. The number of benzene rings is 1. The zero-order valence-electron chi connectivity index (χ0n) is 12.4. The molecule has 4 nitrogen and oxygen atoms in total. The number of likely N-dealkylation sites (N-methyl/N-ethyl adjacent to an activating group) is 1. The van der Waals surface area contributed by atoms with Crippen molar-refractivity contribution in [3.05, 3.63) is 23.8 Å². The molecule has 0 heterocycles. The van der Waals surface area contributed by atoms with Crippen LogP contribution in [0.15, 0.2) is 18.2 Å². The quantitative estimate of drug-likeness (QED) is 0.841. The van der Waals surface area contributed by atoms with E-state index in [1.807, 2.05) is 0 Å². The molecule has 1 aromatic rings. The third-order valence-electron chi connectivity index (χ3n) is 3.12. The lowest BCUT2D eigenvalue weighted by Gasteiger charge is -2.22. The number of methoxy groups -OCH3 is 2. The van der Waals surface area contributed by atoms with E-state index < -0.39 is 18.6 Å². The molecule has 1 rings (SSSR count). The minimum absolute atomic E-state index is 0.0789. The minimum atomic E-state index is -4.15. The van der Waals surface area contributed by atoms with Gasteiger partial charge in [0.05, 0.1) is 20.6 Å². The smallest absolute Gasteiger partial charge is 0.390 e. The number of nitrogens with two attached hydrogens (primary N) is 1. The summed E-state index contributed by atoms with van der Waals surface area (Å²) in [4.78, 5) is 1.56. The van der Waals surface area contributed by atoms with Gasteiger partial charge in [-0.15, -0.1) is 0 Å². The van der Waals surface area contributed by atoms with Crippen LogP contribution in [0, 0.1) is 0 Å². The Balaban J connectivity index is 2.64. The third-order valence-corrected chi connectivity index (χ3v) is 3.12. The van der Waals surface area contributed by atoms with Crippen molar-refractivity contribution in [2.75, 3.05) is 34.4 Å². The van der Waals surface area contributed by atoms with Gasteiger partial charge in [0.25, 0.3) is 0 Å². The average molecular weight is 306 g/mol. The van der Waals surface area contributed by atoms with Crippen LogP contribution < -0.4 is 15.2 Å². The van der Waals surface area contributed by atoms with Crippen LogP contribution in [-0.2, 0) is 0 Å². The summed E-state index contributed by atoms with van der Waals surface area (Å²) in [6.07, 6.45) is -5.00. The standard InChI is InChI=1S/C14H21F3N2O2/c1-19(7-6-14(15,16)17)9-11(18)10-4-5-12(20-2)13(8-10)21-3/h4-5,8,11H,6-7,9,18H2,1-3H3. The van der Waals surface area contributed by atoms with Crippen molar-refractivity contribution < 1.29 is 22.6 Å². The Morgan fingerprint density at radius 2 is 1.81 bits per heavy atom. The highest BCUT2D eigenvalue weighted by Gasteiger charge is 2.27. The fourth-order valence-electron chi connectivity index (χ4n) is 1.93. The van der Waals surface area contributed by atoms with E-state index in [1.165, 1.54) is 14.2 Å². The molecule has 0 saturated carbocycles. The van der Waals surface area contributed by atoms with E-state index in [1.54, 1.807) is 30.1 Å². The number of halogens is 3. The second-order valence-corrected chi connectivity index (χ2v) is 4.85. The maximum Gasteiger partial charge on any atom is 0.390 e. The third kappa shape index (κ3) is 5.81. The van der Waals surface area contributed by atoms with E-state index in [2.05, 4.69) is 0 Å². The largest absolute Gasteiger partial charge is 0.493 e. The molecule has 0 fully saturated rings. The Kier molecular flexibility index (Phi) is 6.29. The maximum absolute atomic E-state index is 12.2. The van der Waals surface area contributed by atoms with Gasteiger partial charge >= 0.3 is 6.18 Å². The van der Waals surface area contributed by atoms with E-state index in [-0.39, 0.29) is 6.54 Å². The molecule has 2 N–H and O–H groups in total. The van der Waals surface area contributed by atoms with E-state index in [0.29, 0.717) is 18.0 Å². The summed E-state index contributed by atoms with van der Waals surface area (Å²) in [5.74, 6) is 1.13. The maximum atomic E-state index is 12.2. The molecule has 0 aromatic heterocycles. The fourth-order valence-corrected chi connectivity index (χ4v) is 1.93. The molecule has 0 radical (unpaired) electrons. The Morgan fingerprint density at radius 1 is 1.19 bits per heavy atom. The van der Waals surface area contributed by atoms with Crippen LogP contribution >= 0.6 is 0 Å². The average Bonchev–Trinajstić information content (AvgIpc) is 2.43. The molecule has 120 valence electrons. The van der Waals surface area contributed by atoms with Crippen molar-refractivity contribution in [2.24, 2.45) is 5.73 Å². The zero-order valence-corrected chi connectivity index (χ0v) is 12.4. The Morgan fingerprint density at radius 3 is 2.33 bits per heavy atom. The van der Waals surface area contributed by atoms with Crippen molar-refractivity contribution in [1.82, 2.24) is 4.90 Å². The molecule has 0 aliphatic rings. The molecule has 0 aliphatic carbocycles. The zero-order chi connectivity index (χ0) is 16.0. The Labute approximate surface area is 122 Å². The van der Waals surface area contributed by atoms with Crippen LogP contribution in [0.25, 0.3) is 0 Å². The highest BCUT2D eigenvalue weighted by molar-refractivity contribution is 5.43. The van der Waals surface area contributed by atoms with Gasteiger partial charge in [-0.25, -0.2) is 0 Å². The van der Waals surface area contributed by atoms with Crippen molar-refractivity contribution >= 4 is 0 Å². The lowest BCUT2D eigenvalue weighted by atomic mass is 10.1. The summed E-state index contributed by atoms with van der Waals surface area (Å²) in [6.45, 7) is 0.246. The predicted octanol–water partition coefficient (Wildman–Crippen LogP) is 2.59. The first-order valence-electron chi connectivity index (χ1n) is 6.49. The van der Waals surface area contributed by atoms with Gasteiger partial charge in [-0.2, -0.15) is 13.2 Å². The van der Waals surface area contributed by atoms with Gasteiger partial charge < -0.3 is 20.1 Å². The number of hydrogen-bond acceptors (Lipinski definition) is 4. The summed E-state index contributed by atoms with van der Waals surface area (Å²) in [5.41, 5.74) is 6.81. The molecular formula is C14H21F3N2O2. The van der Waals surface area contributed by atoms with E-state index in [0.717, 1.165) is 5.56 Å². The topological polar surface area (TPSA) is 47.7 Å². The van der Waals surface area contributed by atoms with Crippen LogP contribution in [0.2, 0.25) is 0 Å².